The first-order valence-electron chi connectivity index (χ1n) is 13.1. The summed E-state index contributed by atoms with van der Waals surface area (Å²) in [5, 5.41) is 23.2. The maximum absolute atomic E-state index is 11.5. The highest BCUT2D eigenvalue weighted by atomic mass is 32.2. The second-order valence-corrected chi connectivity index (χ2v) is 11.2. The van der Waals surface area contributed by atoms with Gasteiger partial charge in [-0.05, 0) is 47.4 Å². The average Bonchev–Trinajstić information content (AvgIpc) is 3.36. The van der Waals surface area contributed by atoms with Gasteiger partial charge in [0.05, 0.1) is 20.8 Å². The molecule has 1 saturated heterocycles. The number of rotatable bonds is 7. The number of carbonyl (C=O) groups is 2. The number of ether oxygens (including phenoxy) is 1. The molecule has 41 heavy (non-hydrogen) atoms. The van der Waals surface area contributed by atoms with E-state index in [1.165, 1.54) is 41.0 Å². The van der Waals surface area contributed by atoms with E-state index >= 15 is 0 Å². The normalized spacial score (nSPS) is 19.4. The first-order chi connectivity index (χ1) is 19.9. The van der Waals surface area contributed by atoms with E-state index in [4.69, 9.17) is 0 Å². The van der Waals surface area contributed by atoms with Crippen molar-refractivity contribution in [1.82, 2.24) is 5.32 Å². The van der Waals surface area contributed by atoms with E-state index in [0.717, 1.165) is 0 Å². The van der Waals surface area contributed by atoms with Crippen LogP contribution in [-0.2, 0) is 14.3 Å². The van der Waals surface area contributed by atoms with Crippen molar-refractivity contribution in [3.63, 3.8) is 0 Å². The summed E-state index contributed by atoms with van der Waals surface area (Å²) in [6.07, 6.45) is -0.742. The molecule has 3 aliphatic heterocycles. The number of hydrogen-bond donors (Lipinski definition) is 2. The van der Waals surface area contributed by atoms with Crippen LogP contribution in [0.5, 0.6) is 0 Å². The SMILES string of the molecule is O=C(O)C1CC(SC(c2ccccc2)(c2ccccc2)c2ccccc2)CN1.O=C1OC([N+](=O)[O-])c2ccc1cc2. The van der Waals surface area contributed by atoms with Crippen molar-refractivity contribution in [2.24, 2.45) is 0 Å². The number of carboxylic acids is 1. The number of benzene rings is 4. The largest absolute Gasteiger partial charge is 0.480 e. The van der Waals surface area contributed by atoms with Gasteiger partial charge in [0.25, 0.3) is 0 Å². The van der Waals surface area contributed by atoms with Crippen LogP contribution in [0.3, 0.4) is 0 Å². The zero-order valence-corrected chi connectivity index (χ0v) is 22.8. The Morgan fingerprint density at radius 2 is 1.34 bits per heavy atom. The van der Waals surface area contributed by atoms with Gasteiger partial charge in [0.1, 0.15) is 6.04 Å². The number of esters is 1. The van der Waals surface area contributed by atoms with Crippen LogP contribution < -0.4 is 5.32 Å². The number of fused-ring (bicyclic) bond motifs is 4. The van der Waals surface area contributed by atoms with E-state index in [1.54, 1.807) is 0 Å². The summed E-state index contributed by atoms with van der Waals surface area (Å²) in [5.41, 5.74) is 4.34. The Bertz CT molecular complexity index is 1400. The molecule has 2 bridgehead atoms. The Hall–Kier alpha value is -4.47. The number of nitrogens with zero attached hydrogens (tertiary/aromatic N) is 1. The molecule has 3 aliphatic rings. The van der Waals surface area contributed by atoms with Gasteiger partial charge in [-0.1, -0.05) is 91.0 Å². The third-order valence-corrected chi connectivity index (χ3v) is 8.87. The Balaban J connectivity index is 0.000000216. The molecule has 0 aliphatic carbocycles. The maximum atomic E-state index is 11.5. The summed E-state index contributed by atoms with van der Waals surface area (Å²) < 4.78 is 4.22. The molecule has 7 rings (SSSR count). The number of thioether (sulfide) groups is 1. The highest BCUT2D eigenvalue weighted by molar-refractivity contribution is 8.01. The van der Waals surface area contributed by atoms with Gasteiger partial charge < -0.3 is 15.2 Å². The van der Waals surface area contributed by atoms with E-state index in [0.29, 0.717) is 24.1 Å². The molecule has 3 unspecified atom stereocenters. The van der Waals surface area contributed by atoms with Crippen molar-refractivity contribution in [2.75, 3.05) is 6.54 Å². The second kappa shape index (κ2) is 12.4. The van der Waals surface area contributed by atoms with E-state index < -0.39 is 33.9 Å². The predicted octanol–water partition coefficient (Wildman–Crippen LogP) is 5.66. The molecule has 4 aromatic carbocycles. The van der Waals surface area contributed by atoms with Gasteiger partial charge in [0, 0.05) is 11.8 Å². The van der Waals surface area contributed by atoms with Crippen LogP contribution in [0.1, 0.15) is 45.3 Å². The van der Waals surface area contributed by atoms with Crippen molar-refractivity contribution in [2.45, 2.75) is 28.7 Å². The molecular weight excluding hydrogens is 540 g/mol. The molecule has 9 heteroatoms. The van der Waals surface area contributed by atoms with Crippen LogP contribution in [0, 0.1) is 10.1 Å². The minimum Gasteiger partial charge on any atom is -0.480 e. The van der Waals surface area contributed by atoms with Crippen molar-refractivity contribution >= 4 is 23.7 Å². The zero-order chi connectivity index (χ0) is 28.8. The standard InChI is InChI=1S/C24H23NO2S.C8H5NO4/c26-23(27)22-16-21(17-25-22)28-24(18-10-4-1-5-11-18,19-12-6-2-7-13-19)20-14-8-3-9-15-20;10-8-6-3-1-5(2-4-6)7(13-8)9(11)12/h1-15,21-22,25H,16-17H2,(H,26,27);1-4,7H. The van der Waals surface area contributed by atoms with Gasteiger partial charge in [-0.15, -0.1) is 11.8 Å². The topological polar surface area (TPSA) is 119 Å². The molecular formula is C32H28N2O6S. The fraction of sp³-hybridized carbons (Fsp3) is 0.188. The number of aliphatic carboxylic acids is 1. The minimum absolute atomic E-state index is 0.196. The smallest absolute Gasteiger partial charge is 0.383 e. The Morgan fingerprint density at radius 3 is 1.76 bits per heavy atom. The van der Waals surface area contributed by atoms with Gasteiger partial charge in [-0.25, -0.2) is 4.79 Å². The quantitative estimate of drug-likeness (QED) is 0.127. The predicted molar refractivity (Wildman–Crippen MR) is 156 cm³/mol. The molecule has 0 aromatic heterocycles. The maximum Gasteiger partial charge on any atom is 0.383 e. The Labute approximate surface area is 241 Å². The van der Waals surface area contributed by atoms with Crippen molar-refractivity contribution < 1.29 is 24.4 Å². The lowest BCUT2D eigenvalue weighted by atomic mass is 9.84. The van der Waals surface area contributed by atoms with Crippen molar-refractivity contribution in [1.29, 1.82) is 0 Å². The number of hydrogen-bond acceptors (Lipinski definition) is 7. The number of carbonyl (C=O) groups excluding carboxylic acids is 1. The summed E-state index contributed by atoms with van der Waals surface area (Å²) in [4.78, 5) is 32.4. The minimum atomic E-state index is -1.36. The third kappa shape index (κ3) is 6.01. The number of nitro groups is 1. The van der Waals surface area contributed by atoms with Gasteiger partial charge in [0.15, 0.2) is 0 Å². The molecule has 0 radical (unpaired) electrons. The van der Waals surface area contributed by atoms with Crippen LogP contribution >= 0.6 is 11.8 Å². The fourth-order valence-electron chi connectivity index (χ4n) is 5.14. The van der Waals surface area contributed by atoms with Crippen molar-refractivity contribution in [3.05, 3.63) is 153 Å². The van der Waals surface area contributed by atoms with Gasteiger partial charge in [-0.3, -0.25) is 14.9 Å². The van der Waals surface area contributed by atoms with Crippen LogP contribution in [-0.4, -0.2) is 39.8 Å². The number of carboxylic acid groups (broad SMARTS) is 1. The first-order valence-corrected chi connectivity index (χ1v) is 14.0. The van der Waals surface area contributed by atoms with Crippen LogP contribution in [0.15, 0.2) is 115 Å². The molecule has 1 fully saturated rings. The van der Waals surface area contributed by atoms with Crippen LogP contribution in [0.4, 0.5) is 0 Å². The van der Waals surface area contributed by atoms with E-state index in [9.17, 15) is 24.8 Å². The van der Waals surface area contributed by atoms with E-state index in [2.05, 4.69) is 82.9 Å². The fourth-order valence-corrected chi connectivity index (χ4v) is 6.92. The number of nitrogens with one attached hydrogen (secondary N) is 1. The Kier molecular flexibility index (Phi) is 8.47. The van der Waals surface area contributed by atoms with Gasteiger partial charge >= 0.3 is 18.2 Å². The molecule has 0 saturated carbocycles. The molecule has 0 amide bonds. The van der Waals surface area contributed by atoms with Crippen molar-refractivity contribution in [3.8, 4) is 0 Å². The second-order valence-electron chi connectivity index (χ2n) is 9.72. The zero-order valence-electron chi connectivity index (χ0n) is 22.0. The van der Waals surface area contributed by atoms with Crippen LogP contribution in [0.2, 0.25) is 0 Å². The lowest BCUT2D eigenvalue weighted by Crippen LogP contribution is -2.30. The molecule has 208 valence electrons. The molecule has 0 spiro atoms. The molecule has 8 nitrogen and oxygen atoms in total. The highest BCUT2D eigenvalue weighted by Gasteiger charge is 2.42. The summed E-state index contributed by atoms with van der Waals surface area (Å²) >= 11 is 1.85. The lowest BCUT2D eigenvalue weighted by Gasteiger charge is -2.37. The van der Waals surface area contributed by atoms with Gasteiger partial charge in [0.2, 0.25) is 0 Å². The summed E-state index contributed by atoms with van der Waals surface area (Å²) in [5.74, 6) is -1.42. The molecule has 4 aromatic rings. The van der Waals surface area contributed by atoms with E-state index in [1.807, 2.05) is 30.0 Å². The molecule has 3 atom stereocenters. The summed E-state index contributed by atoms with van der Waals surface area (Å²) in [6.45, 7) is 0.690. The summed E-state index contributed by atoms with van der Waals surface area (Å²) in [7, 11) is 0. The van der Waals surface area contributed by atoms with Crippen LogP contribution in [0.25, 0.3) is 0 Å². The monoisotopic (exact) mass is 568 g/mol. The molecule has 3 heterocycles. The van der Waals surface area contributed by atoms with E-state index in [-0.39, 0.29) is 5.25 Å². The summed E-state index contributed by atoms with van der Waals surface area (Å²) in [6, 6.07) is 37.2. The highest BCUT2D eigenvalue weighted by Crippen LogP contribution is 2.51. The first kappa shape index (κ1) is 28.1. The Morgan fingerprint density at radius 1 is 0.854 bits per heavy atom. The van der Waals surface area contributed by atoms with Gasteiger partial charge in [-0.2, -0.15) is 0 Å². The lowest BCUT2D eigenvalue weighted by molar-refractivity contribution is -0.574. The molecule has 2 N–H and O–H groups in total. The average molecular weight is 569 g/mol. The third-order valence-electron chi connectivity index (χ3n) is 7.11.